The monoisotopic (exact) mass is 285 g/mol. The molecule has 2 atom stereocenters. The molecule has 0 radical (unpaired) electrons. The molecule has 0 aliphatic carbocycles. The Hall–Kier alpha value is -1.10. The number of rotatable bonds is 9. The number of nitrogens with two attached hydrogens (primary N) is 1. The highest BCUT2D eigenvalue weighted by atomic mass is 16.2. The number of hydrogen-bond acceptors (Lipinski definition) is 3. The van der Waals surface area contributed by atoms with Gasteiger partial charge in [0.2, 0.25) is 11.8 Å². The summed E-state index contributed by atoms with van der Waals surface area (Å²) < 4.78 is 0. The smallest absolute Gasteiger partial charge is 0.236 e. The number of amides is 2. The van der Waals surface area contributed by atoms with E-state index >= 15 is 0 Å². The van der Waals surface area contributed by atoms with Gasteiger partial charge in [-0.25, -0.2) is 0 Å². The molecular formula is C15H31N3O2. The SMILES string of the molecule is CC[C@H](C)[C@@H](NCC(=O)N(CC(C)C)C(C)C)C(N)=O. The molecule has 0 saturated carbocycles. The van der Waals surface area contributed by atoms with Crippen LogP contribution in [0.15, 0.2) is 0 Å². The molecule has 2 amide bonds. The molecule has 0 rings (SSSR count). The molecule has 5 nitrogen and oxygen atoms in total. The van der Waals surface area contributed by atoms with E-state index in [2.05, 4.69) is 19.2 Å². The Labute approximate surface area is 123 Å². The average Bonchev–Trinajstić information content (AvgIpc) is 2.34. The molecule has 20 heavy (non-hydrogen) atoms. The Morgan fingerprint density at radius 1 is 1.15 bits per heavy atom. The Morgan fingerprint density at radius 3 is 2.05 bits per heavy atom. The third-order valence-corrected chi connectivity index (χ3v) is 3.50. The molecule has 0 aliphatic rings. The second-order valence-electron chi connectivity index (χ2n) is 6.18. The zero-order valence-electron chi connectivity index (χ0n) is 13.8. The van der Waals surface area contributed by atoms with Gasteiger partial charge in [-0.05, 0) is 25.7 Å². The predicted octanol–water partition coefficient (Wildman–Crippen LogP) is 1.37. The molecule has 0 saturated heterocycles. The summed E-state index contributed by atoms with van der Waals surface area (Å²) in [5, 5.41) is 3.01. The first kappa shape index (κ1) is 18.9. The van der Waals surface area contributed by atoms with Crippen molar-refractivity contribution in [1.29, 1.82) is 0 Å². The van der Waals surface area contributed by atoms with Crippen molar-refractivity contribution in [3.63, 3.8) is 0 Å². The van der Waals surface area contributed by atoms with E-state index in [9.17, 15) is 9.59 Å². The fourth-order valence-corrected chi connectivity index (χ4v) is 2.11. The molecule has 118 valence electrons. The maximum atomic E-state index is 12.3. The zero-order chi connectivity index (χ0) is 15.9. The van der Waals surface area contributed by atoms with Crippen molar-refractivity contribution in [2.45, 2.75) is 60.0 Å². The minimum absolute atomic E-state index is 0.0169. The molecule has 5 heteroatoms. The number of carbonyl (C=O) groups excluding carboxylic acids is 2. The summed E-state index contributed by atoms with van der Waals surface area (Å²) in [6.07, 6.45) is 0.842. The summed E-state index contributed by atoms with van der Waals surface area (Å²) in [5.74, 6) is 0.163. The summed E-state index contributed by atoms with van der Waals surface area (Å²) in [6, 6.07) is -0.292. The highest BCUT2D eigenvalue weighted by molar-refractivity contribution is 5.82. The topological polar surface area (TPSA) is 75.4 Å². The summed E-state index contributed by atoms with van der Waals surface area (Å²) in [5.41, 5.74) is 5.39. The third-order valence-electron chi connectivity index (χ3n) is 3.50. The van der Waals surface area contributed by atoms with Gasteiger partial charge < -0.3 is 10.6 Å². The van der Waals surface area contributed by atoms with Crippen molar-refractivity contribution in [3.05, 3.63) is 0 Å². The summed E-state index contributed by atoms with van der Waals surface area (Å²) >= 11 is 0. The van der Waals surface area contributed by atoms with Gasteiger partial charge in [0.25, 0.3) is 0 Å². The van der Waals surface area contributed by atoms with E-state index in [1.165, 1.54) is 0 Å². The predicted molar refractivity (Wildman–Crippen MR) is 82.1 cm³/mol. The Morgan fingerprint density at radius 2 is 1.70 bits per heavy atom. The maximum Gasteiger partial charge on any atom is 0.236 e. The molecule has 0 unspecified atom stereocenters. The molecule has 0 aliphatic heterocycles. The Bertz CT molecular complexity index is 316. The minimum atomic E-state index is -0.447. The standard InChI is InChI=1S/C15H31N3O2/c1-7-12(6)14(15(16)20)17-8-13(19)18(11(4)5)9-10(2)3/h10-12,14,17H,7-9H2,1-6H3,(H2,16,20)/t12-,14+/m0/s1. The minimum Gasteiger partial charge on any atom is -0.368 e. The van der Waals surface area contributed by atoms with Gasteiger partial charge in [-0.15, -0.1) is 0 Å². The fourth-order valence-electron chi connectivity index (χ4n) is 2.11. The molecule has 0 spiro atoms. The van der Waals surface area contributed by atoms with E-state index in [-0.39, 0.29) is 24.4 Å². The van der Waals surface area contributed by atoms with Gasteiger partial charge in [0.05, 0.1) is 12.6 Å². The van der Waals surface area contributed by atoms with Gasteiger partial charge >= 0.3 is 0 Å². The van der Waals surface area contributed by atoms with Crippen molar-refractivity contribution >= 4 is 11.8 Å². The number of nitrogens with one attached hydrogen (secondary N) is 1. The summed E-state index contributed by atoms with van der Waals surface area (Å²) in [6.45, 7) is 13.0. The molecule has 3 N–H and O–H groups in total. The van der Waals surface area contributed by atoms with Crippen LogP contribution in [-0.4, -0.2) is 41.9 Å². The van der Waals surface area contributed by atoms with Crippen LogP contribution in [0.2, 0.25) is 0 Å². The first-order valence-corrected chi connectivity index (χ1v) is 7.52. The second-order valence-corrected chi connectivity index (χ2v) is 6.18. The number of carbonyl (C=O) groups is 2. The first-order chi connectivity index (χ1) is 9.20. The van der Waals surface area contributed by atoms with E-state index in [0.29, 0.717) is 5.92 Å². The first-order valence-electron chi connectivity index (χ1n) is 7.52. The lowest BCUT2D eigenvalue weighted by Gasteiger charge is -2.30. The van der Waals surface area contributed by atoms with Gasteiger partial charge in [0.1, 0.15) is 0 Å². The van der Waals surface area contributed by atoms with Crippen LogP contribution >= 0.6 is 0 Å². The highest BCUT2D eigenvalue weighted by Crippen LogP contribution is 2.08. The lowest BCUT2D eigenvalue weighted by Crippen LogP contribution is -2.51. The van der Waals surface area contributed by atoms with Gasteiger partial charge in [-0.3, -0.25) is 14.9 Å². The number of hydrogen-bond donors (Lipinski definition) is 2. The van der Waals surface area contributed by atoms with Crippen molar-refractivity contribution in [2.75, 3.05) is 13.1 Å². The fraction of sp³-hybridized carbons (Fsp3) is 0.867. The van der Waals surface area contributed by atoms with Gasteiger partial charge in [0.15, 0.2) is 0 Å². The highest BCUT2D eigenvalue weighted by Gasteiger charge is 2.24. The van der Waals surface area contributed by atoms with Gasteiger partial charge in [-0.2, -0.15) is 0 Å². The van der Waals surface area contributed by atoms with E-state index < -0.39 is 11.9 Å². The number of primary amides is 1. The van der Waals surface area contributed by atoms with Gasteiger partial charge in [0, 0.05) is 12.6 Å². The molecular weight excluding hydrogens is 254 g/mol. The molecule has 0 heterocycles. The van der Waals surface area contributed by atoms with E-state index in [1.807, 2.05) is 32.6 Å². The van der Waals surface area contributed by atoms with Crippen LogP contribution in [0.25, 0.3) is 0 Å². The second kappa shape index (κ2) is 8.95. The Kier molecular flexibility index (Phi) is 8.46. The van der Waals surface area contributed by atoms with E-state index in [4.69, 9.17) is 5.73 Å². The van der Waals surface area contributed by atoms with E-state index in [0.717, 1.165) is 13.0 Å². The van der Waals surface area contributed by atoms with Crippen molar-refractivity contribution < 1.29 is 9.59 Å². The third kappa shape index (κ3) is 6.37. The lowest BCUT2D eigenvalue weighted by molar-refractivity contribution is -0.132. The van der Waals surface area contributed by atoms with Gasteiger partial charge in [-0.1, -0.05) is 34.1 Å². The molecule has 0 aromatic heterocycles. The van der Waals surface area contributed by atoms with E-state index in [1.54, 1.807) is 0 Å². The average molecular weight is 285 g/mol. The van der Waals surface area contributed by atoms with Crippen molar-refractivity contribution in [1.82, 2.24) is 10.2 Å². The Balaban J connectivity index is 4.59. The quantitative estimate of drug-likeness (QED) is 0.672. The lowest BCUT2D eigenvalue weighted by atomic mass is 9.98. The molecule has 0 fully saturated rings. The number of nitrogens with zero attached hydrogens (tertiary/aromatic N) is 1. The van der Waals surface area contributed by atoms with Crippen LogP contribution in [0.5, 0.6) is 0 Å². The van der Waals surface area contributed by atoms with Crippen LogP contribution in [0.3, 0.4) is 0 Å². The van der Waals surface area contributed by atoms with Crippen LogP contribution < -0.4 is 11.1 Å². The molecule has 0 aromatic carbocycles. The van der Waals surface area contributed by atoms with Crippen LogP contribution in [0, 0.1) is 11.8 Å². The van der Waals surface area contributed by atoms with Crippen molar-refractivity contribution in [2.24, 2.45) is 17.6 Å². The largest absolute Gasteiger partial charge is 0.368 e. The normalized spacial score (nSPS) is 14.4. The zero-order valence-corrected chi connectivity index (χ0v) is 13.8. The summed E-state index contributed by atoms with van der Waals surface area (Å²) in [4.78, 5) is 25.5. The molecule has 0 aromatic rings. The maximum absolute atomic E-state index is 12.3. The van der Waals surface area contributed by atoms with Crippen LogP contribution in [0.4, 0.5) is 0 Å². The summed E-state index contributed by atoms with van der Waals surface area (Å²) in [7, 11) is 0. The van der Waals surface area contributed by atoms with Crippen molar-refractivity contribution in [3.8, 4) is 0 Å². The molecule has 0 bridgehead atoms. The van der Waals surface area contributed by atoms with Crippen LogP contribution in [-0.2, 0) is 9.59 Å². The van der Waals surface area contributed by atoms with Crippen LogP contribution in [0.1, 0.15) is 48.0 Å².